The lowest BCUT2D eigenvalue weighted by Crippen LogP contribution is -2.53. The van der Waals surface area contributed by atoms with Gasteiger partial charge in [0.2, 0.25) is 5.91 Å². The molecule has 0 radical (unpaired) electrons. The number of hydrogen-bond acceptors (Lipinski definition) is 3. The molecule has 132 valence electrons. The lowest BCUT2D eigenvalue weighted by Gasteiger charge is -2.44. The number of hydrogen-bond donors (Lipinski definition) is 0. The molecule has 1 aromatic rings. The smallest absolute Gasteiger partial charge is 0.262 e. The SMILES string of the molecule is O=C1c2ccc(F)cc2C(=O)N1CC(=O)N1CCCC2CCCCC21. The highest BCUT2D eigenvalue weighted by atomic mass is 19.1. The molecule has 2 fully saturated rings. The predicted octanol–water partition coefficient (Wildman–Crippen LogP) is 2.60. The molecule has 1 saturated heterocycles. The van der Waals surface area contributed by atoms with Crippen molar-refractivity contribution >= 4 is 17.7 Å². The van der Waals surface area contributed by atoms with Crippen LogP contribution < -0.4 is 0 Å². The molecule has 2 heterocycles. The topological polar surface area (TPSA) is 57.7 Å². The van der Waals surface area contributed by atoms with E-state index in [4.69, 9.17) is 0 Å². The monoisotopic (exact) mass is 344 g/mol. The van der Waals surface area contributed by atoms with Crippen molar-refractivity contribution in [1.29, 1.82) is 0 Å². The summed E-state index contributed by atoms with van der Waals surface area (Å²) in [4.78, 5) is 40.5. The molecule has 3 amide bonds. The van der Waals surface area contributed by atoms with Crippen molar-refractivity contribution in [2.24, 2.45) is 5.92 Å². The Bertz CT molecular complexity index is 746. The number of nitrogens with zero attached hydrogens (tertiary/aromatic N) is 2. The molecule has 3 aliphatic rings. The third-order valence-corrected chi connectivity index (χ3v) is 5.79. The zero-order valence-electron chi connectivity index (χ0n) is 14.0. The Morgan fingerprint density at radius 2 is 1.76 bits per heavy atom. The molecule has 1 aromatic carbocycles. The van der Waals surface area contributed by atoms with Crippen molar-refractivity contribution in [3.05, 3.63) is 35.1 Å². The van der Waals surface area contributed by atoms with Crippen LogP contribution in [0.15, 0.2) is 18.2 Å². The Hall–Kier alpha value is -2.24. The first-order chi connectivity index (χ1) is 12.1. The van der Waals surface area contributed by atoms with Crippen LogP contribution in [0.1, 0.15) is 59.2 Å². The summed E-state index contributed by atoms with van der Waals surface area (Å²) in [5.74, 6) is -1.28. The fourth-order valence-electron chi connectivity index (χ4n) is 4.57. The molecule has 2 unspecified atom stereocenters. The highest BCUT2D eigenvalue weighted by molar-refractivity contribution is 6.22. The van der Waals surface area contributed by atoms with E-state index in [1.807, 2.05) is 4.90 Å². The Kier molecular flexibility index (Phi) is 4.06. The average Bonchev–Trinajstić information content (AvgIpc) is 2.85. The largest absolute Gasteiger partial charge is 0.338 e. The summed E-state index contributed by atoms with van der Waals surface area (Å²) in [6.07, 6.45) is 6.62. The van der Waals surface area contributed by atoms with Crippen LogP contribution in [0.4, 0.5) is 4.39 Å². The van der Waals surface area contributed by atoms with Gasteiger partial charge in [-0.05, 0) is 49.8 Å². The van der Waals surface area contributed by atoms with Gasteiger partial charge in [0.15, 0.2) is 0 Å². The third-order valence-electron chi connectivity index (χ3n) is 5.79. The van der Waals surface area contributed by atoms with Gasteiger partial charge >= 0.3 is 0 Å². The lowest BCUT2D eigenvalue weighted by molar-refractivity contribution is -0.137. The van der Waals surface area contributed by atoms with E-state index in [1.165, 1.54) is 12.5 Å². The summed E-state index contributed by atoms with van der Waals surface area (Å²) in [6, 6.07) is 3.78. The number of fused-ring (bicyclic) bond motifs is 2. The van der Waals surface area contributed by atoms with Crippen LogP contribution >= 0.6 is 0 Å². The molecule has 6 heteroatoms. The highest BCUT2D eigenvalue weighted by Gasteiger charge is 2.40. The molecule has 1 saturated carbocycles. The summed E-state index contributed by atoms with van der Waals surface area (Å²) in [5.41, 5.74) is 0.223. The van der Waals surface area contributed by atoms with Crippen LogP contribution in [-0.4, -0.2) is 46.7 Å². The Morgan fingerprint density at radius 3 is 2.60 bits per heavy atom. The Balaban J connectivity index is 1.51. The lowest BCUT2D eigenvalue weighted by atomic mass is 9.78. The van der Waals surface area contributed by atoms with Gasteiger partial charge in [-0.15, -0.1) is 0 Å². The first-order valence-corrected chi connectivity index (χ1v) is 9.01. The van der Waals surface area contributed by atoms with Crippen molar-refractivity contribution in [1.82, 2.24) is 9.80 Å². The van der Waals surface area contributed by atoms with Gasteiger partial charge in [-0.1, -0.05) is 12.8 Å². The van der Waals surface area contributed by atoms with Crippen molar-refractivity contribution in [2.75, 3.05) is 13.1 Å². The first kappa shape index (κ1) is 16.2. The molecule has 5 nitrogen and oxygen atoms in total. The molecule has 0 N–H and O–H groups in total. The van der Waals surface area contributed by atoms with Crippen LogP contribution in [0.2, 0.25) is 0 Å². The quantitative estimate of drug-likeness (QED) is 0.775. The maximum absolute atomic E-state index is 13.4. The number of likely N-dealkylation sites (tertiary alicyclic amines) is 1. The van der Waals surface area contributed by atoms with Gasteiger partial charge in [0.05, 0.1) is 11.1 Å². The molecule has 1 aliphatic carbocycles. The number of imide groups is 1. The van der Waals surface area contributed by atoms with Crippen LogP contribution in [0, 0.1) is 11.7 Å². The number of piperidine rings is 1. The number of amides is 3. The summed E-state index contributed by atoms with van der Waals surface area (Å²) in [5, 5.41) is 0. The second kappa shape index (κ2) is 6.24. The minimum Gasteiger partial charge on any atom is -0.338 e. The molecular formula is C19H21FN2O3. The molecule has 4 rings (SSSR count). The van der Waals surface area contributed by atoms with Gasteiger partial charge in [0.25, 0.3) is 11.8 Å². The number of carbonyl (C=O) groups is 3. The first-order valence-electron chi connectivity index (χ1n) is 9.01. The molecule has 25 heavy (non-hydrogen) atoms. The molecule has 2 atom stereocenters. The minimum atomic E-state index is -0.579. The molecule has 0 spiro atoms. The zero-order chi connectivity index (χ0) is 17.6. The van der Waals surface area contributed by atoms with Crippen molar-refractivity contribution in [3.8, 4) is 0 Å². The average molecular weight is 344 g/mol. The normalized spacial score (nSPS) is 25.8. The van der Waals surface area contributed by atoms with Gasteiger partial charge in [-0.3, -0.25) is 19.3 Å². The van der Waals surface area contributed by atoms with Crippen LogP contribution in [-0.2, 0) is 4.79 Å². The third kappa shape index (κ3) is 2.73. The summed E-state index contributed by atoms with van der Waals surface area (Å²) < 4.78 is 13.4. The van der Waals surface area contributed by atoms with Crippen molar-refractivity contribution < 1.29 is 18.8 Å². The molecule has 2 aliphatic heterocycles. The van der Waals surface area contributed by atoms with Crippen molar-refractivity contribution in [2.45, 2.75) is 44.6 Å². The van der Waals surface area contributed by atoms with E-state index in [2.05, 4.69) is 0 Å². The van der Waals surface area contributed by atoms with E-state index in [1.54, 1.807) is 0 Å². The minimum absolute atomic E-state index is 0.0481. The van der Waals surface area contributed by atoms with E-state index in [9.17, 15) is 18.8 Å². The maximum atomic E-state index is 13.4. The summed E-state index contributed by atoms with van der Waals surface area (Å²) in [7, 11) is 0. The van der Waals surface area contributed by atoms with Crippen molar-refractivity contribution in [3.63, 3.8) is 0 Å². The fraction of sp³-hybridized carbons (Fsp3) is 0.526. The van der Waals surface area contributed by atoms with E-state index in [0.717, 1.165) is 49.1 Å². The molecular weight excluding hydrogens is 323 g/mol. The second-order valence-corrected chi connectivity index (χ2v) is 7.23. The molecule has 0 aromatic heterocycles. The Labute approximate surface area is 145 Å². The zero-order valence-corrected chi connectivity index (χ0v) is 14.0. The van der Waals surface area contributed by atoms with Crippen LogP contribution in [0.3, 0.4) is 0 Å². The van der Waals surface area contributed by atoms with Crippen LogP contribution in [0.25, 0.3) is 0 Å². The van der Waals surface area contributed by atoms with Gasteiger partial charge in [0.1, 0.15) is 12.4 Å². The van der Waals surface area contributed by atoms with E-state index in [-0.39, 0.29) is 29.6 Å². The number of carbonyl (C=O) groups excluding carboxylic acids is 3. The van der Waals surface area contributed by atoms with Gasteiger partial charge < -0.3 is 4.90 Å². The Morgan fingerprint density at radius 1 is 1.04 bits per heavy atom. The fourth-order valence-corrected chi connectivity index (χ4v) is 4.57. The molecule has 0 bridgehead atoms. The van der Waals surface area contributed by atoms with Gasteiger partial charge in [-0.2, -0.15) is 0 Å². The summed E-state index contributed by atoms with van der Waals surface area (Å²) >= 11 is 0. The second-order valence-electron chi connectivity index (χ2n) is 7.23. The number of rotatable bonds is 2. The summed E-state index contributed by atoms with van der Waals surface area (Å²) in [6.45, 7) is 0.439. The van der Waals surface area contributed by atoms with Gasteiger partial charge in [-0.25, -0.2) is 4.39 Å². The standard InChI is InChI=1S/C19H21FN2O3/c20-13-7-8-14-15(10-13)19(25)22(18(14)24)11-17(23)21-9-3-5-12-4-1-2-6-16(12)21/h7-8,10,12,16H,1-6,9,11H2. The number of halogens is 1. The van der Waals surface area contributed by atoms with E-state index in [0.29, 0.717) is 12.5 Å². The highest BCUT2D eigenvalue weighted by Crippen LogP contribution is 2.35. The van der Waals surface area contributed by atoms with E-state index >= 15 is 0 Å². The number of benzene rings is 1. The van der Waals surface area contributed by atoms with Gasteiger partial charge in [0, 0.05) is 12.6 Å². The maximum Gasteiger partial charge on any atom is 0.262 e. The predicted molar refractivity (Wildman–Crippen MR) is 88.5 cm³/mol. The van der Waals surface area contributed by atoms with Crippen LogP contribution in [0.5, 0.6) is 0 Å². The van der Waals surface area contributed by atoms with E-state index < -0.39 is 17.6 Å².